The summed E-state index contributed by atoms with van der Waals surface area (Å²) < 4.78 is 14.3. The average Bonchev–Trinajstić information content (AvgIpc) is 2.69. The predicted molar refractivity (Wildman–Crippen MR) is 71.9 cm³/mol. The third-order valence-electron chi connectivity index (χ3n) is 2.81. The first-order valence-corrected chi connectivity index (χ1v) is 5.46. The van der Waals surface area contributed by atoms with Crippen LogP contribution in [-0.4, -0.2) is 49.3 Å². The number of hydrogen-bond acceptors (Lipinski definition) is 3. The van der Waals surface area contributed by atoms with Crippen LogP contribution in [-0.2, 0) is 0 Å². The van der Waals surface area contributed by atoms with Gasteiger partial charge in [0.05, 0.1) is 5.69 Å². The predicted octanol–water partition coefficient (Wildman–Crippen LogP) is 1.90. The van der Waals surface area contributed by atoms with Crippen LogP contribution in [0.1, 0.15) is 5.69 Å². The summed E-state index contributed by atoms with van der Waals surface area (Å²) in [6.07, 6.45) is 1.51. The number of halogens is 1. The van der Waals surface area contributed by atoms with Gasteiger partial charge in [0.2, 0.25) is 5.88 Å². The average molecular weight is 267 g/mol. The van der Waals surface area contributed by atoms with Crippen LogP contribution in [0, 0.1) is 12.7 Å². The molecule has 1 N–H and O–H groups in total. The second-order valence-electron chi connectivity index (χ2n) is 4.01. The van der Waals surface area contributed by atoms with Crippen LogP contribution in [0.25, 0.3) is 16.8 Å². The number of aryl methyl sites for hydroxylation is 1. The van der Waals surface area contributed by atoms with Gasteiger partial charge in [-0.15, -0.1) is 0 Å². The molecule has 92 valence electrons. The summed E-state index contributed by atoms with van der Waals surface area (Å²) in [6.45, 7) is 1.83. The topological polar surface area (TPSA) is 50.4 Å². The SMILES string of the molecule is Cc1nn2c(O)ccnc2c1-c1ccc(F)cc1.[NaH]. The molecule has 19 heavy (non-hydrogen) atoms. The summed E-state index contributed by atoms with van der Waals surface area (Å²) in [6, 6.07) is 7.59. The van der Waals surface area contributed by atoms with E-state index in [1.54, 1.807) is 12.1 Å². The Morgan fingerprint density at radius 1 is 1.16 bits per heavy atom. The van der Waals surface area contributed by atoms with E-state index in [1.807, 2.05) is 6.92 Å². The van der Waals surface area contributed by atoms with Crippen molar-refractivity contribution in [3.8, 4) is 17.0 Å². The fraction of sp³-hybridized carbons (Fsp3) is 0.0769. The molecule has 0 spiro atoms. The van der Waals surface area contributed by atoms with Crippen molar-refractivity contribution in [2.24, 2.45) is 0 Å². The standard InChI is InChI=1S/C13H10FN3O.Na.H/c1-8-12(9-2-4-10(14)5-3-9)13-15-7-6-11(18)17(13)16-8;;/h2-7,18H,1H3;;. The van der Waals surface area contributed by atoms with Crippen molar-refractivity contribution in [2.75, 3.05) is 0 Å². The van der Waals surface area contributed by atoms with Crippen molar-refractivity contribution in [1.82, 2.24) is 14.6 Å². The van der Waals surface area contributed by atoms with Gasteiger partial charge in [-0.1, -0.05) is 12.1 Å². The van der Waals surface area contributed by atoms with Gasteiger partial charge < -0.3 is 5.11 Å². The van der Waals surface area contributed by atoms with Gasteiger partial charge in [-0.05, 0) is 24.6 Å². The molecule has 0 saturated carbocycles. The molecule has 0 saturated heterocycles. The van der Waals surface area contributed by atoms with Crippen molar-refractivity contribution in [1.29, 1.82) is 0 Å². The molecule has 0 aliphatic carbocycles. The maximum absolute atomic E-state index is 12.9. The Kier molecular flexibility index (Phi) is 3.89. The van der Waals surface area contributed by atoms with E-state index in [0.717, 1.165) is 16.8 Å². The van der Waals surface area contributed by atoms with Gasteiger partial charge in [-0.3, -0.25) is 0 Å². The summed E-state index contributed by atoms with van der Waals surface area (Å²) in [5.74, 6) is -0.264. The Bertz CT molecular complexity index is 725. The normalized spacial score (nSPS) is 10.4. The third-order valence-corrected chi connectivity index (χ3v) is 2.81. The van der Waals surface area contributed by atoms with Crippen molar-refractivity contribution in [3.05, 3.63) is 48.0 Å². The number of aromatic hydroxyl groups is 1. The monoisotopic (exact) mass is 267 g/mol. The zero-order valence-corrected chi connectivity index (χ0v) is 9.63. The molecule has 0 atom stereocenters. The van der Waals surface area contributed by atoms with Crippen molar-refractivity contribution < 1.29 is 9.50 Å². The molecule has 3 aromatic rings. The quantitative estimate of drug-likeness (QED) is 0.685. The molecule has 0 fully saturated rings. The van der Waals surface area contributed by atoms with E-state index < -0.39 is 0 Å². The van der Waals surface area contributed by atoms with Crippen LogP contribution in [0.3, 0.4) is 0 Å². The first-order valence-electron chi connectivity index (χ1n) is 5.46. The Hall–Kier alpha value is -1.43. The van der Waals surface area contributed by atoms with Gasteiger partial charge in [0.25, 0.3) is 0 Å². The van der Waals surface area contributed by atoms with E-state index in [0.29, 0.717) is 5.65 Å². The summed E-state index contributed by atoms with van der Waals surface area (Å²) in [5.41, 5.74) is 2.91. The summed E-state index contributed by atoms with van der Waals surface area (Å²) >= 11 is 0. The molecule has 2 heterocycles. The molecule has 0 aliphatic heterocycles. The molecule has 0 amide bonds. The fourth-order valence-electron chi connectivity index (χ4n) is 1.99. The minimum atomic E-state index is -0.288. The van der Waals surface area contributed by atoms with Gasteiger partial charge in [-0.25, -0.2) is 9.37 Å². The van der Waals surface area contributed by atoms with Crippen LogP contribution in [0.15, 0.2) is 36.5 Å². The third kappa shape index (κ3) is 2.36. The van der Waals surface area contributed by atoms with E-state index in [2.05, 4.69) is 10.1 Å². The number of hydrogen-bond donors (Lipinski definition) is 1. The Labute approximate surface area is 131 Å². The number of aromatic nitrogens is 3. The van der Waals surface area contributed by atoms with Crippen LogP contribution >= 0.6 is 0 Å². The maximum atomic E-state index is 12.9. The zero-order valence-electron chi connectivity index (χ0n) is 9.63. The van der Waals surface area contributed by atoms with Gasteiger partial charge in [0.15, 0.2) is 5.65 Å². The Morgan fingerprint density at radius 2 is 1.84 bits per heavy atom. The van der Waals surface area contributed by atoms with Crippen LogP contribution < -0.4 is 0 Å². The van der Waals surface area contributed by atoms with Crippen LogP contribution in [0.2, 0.25) is 0 Å². The summed E-state index contributed by atoms with van der Waals surface area (Å²) in [4.78, 5) is 4.21. The molecule has 4 nitrogen and oxygen atoms in total. The second kappa shape index (κ2) is 5.28. The van der Waals surface area contributed by atoms with Gasteiger partial charge in [0.1, 0.15) is 5.82 Å². The number of benzene rings is 1. The van der Waals surface area contributed by atoms with Gasteiger partial charge >= 0.3 is 29.6 Å². The van der Waals surface area contributed by atoms with E-state index in [1.165, 1.54) is 28.9 Å². The van der Waals surface area contributed by atoms with Gasteiger partial charge in [-0.2, -0.15) is 9.61 Å². The molecule has 1 aromatic carbocycles. The number of nitrogens with zero attached hydrogens (tertiary/aromatic N) is 3. The first kappa shape index (κ1) is 14.0. The molecule has 0 unspecified atom stereocenters. The van der Waals surface area contributed by atoms with Gasteiger partial charge in [0, 0.05) is 17.8 Å². The molecule has 2 aromatic heterocycles. The second-order valence-corrected chi connectivity index (χ2v) is 4.01. The van der Waals surface area contributed by atoms with Crippen LogP contribution in [0.4, 0.5) is 4.39 Å². The Balaban J connectivity index is 0.00000133. The molecular weight excluding hydrogens is 256 g/mol. The molecule has 0 aliphatic rings. The minimum absolute atomic E-state index is 0. The molecular formula is C13H11FN3NaO. The van der Waals surface area contributed by atoms with Crippen molar-refractivity contribution >= 4 is 35.2 Å². The number of rotatable bonds is 1. The first-order chi connectivity index (χ1) is 8.66. The van der Waals surface area contributed by atoms with Crippen molar-refractivity contribution in [2.45, 2.75) is 6.92 Å². The molecule has 0 bridgehead atoms. The molecule has 3 rings (SSSR count). The van der Waals surface area contributed by atoms with E-state index in [9.17, 15) is 9.50 Å². The molecule has 6 heteroatoms. The molecule has 0 radical (unpaired) electrons. The summed E-state index contributed by atoms with van der Waals surface area (Å²) in [7, 11) is 0. The van der Waals surface area contributed by atoms with E-state index >= 15 is 0 Å². The van der Waals surface area contributed by atoms with E-state index in [-0.39, 0.29) is 41.3 Å². The number of fused-ring (bicyclic) bond motifs is 1. The van der Waals surface area contributed by atoms with Crippen molar-refractivity contribution in [3.63, 3.8) is 0 Å². The van der Waals surface area contributed by atoms with Crippen LogP contribution in [0.5, 0.6) is 5.88 Å². The fourth-order valence-corrected chi connectivity index (χ4v) is 1.99. The summed E-state index contributed by atoms with van der Waals surface area (Å²) in [5, 5.41) is 13.9. The zero-order chi connectivity index (χ0) is 12.7. The van der Waals surface area contributed by atoms with E-state index in [4.69, 9.17) is 0 Å². The Morgan fingerprint density at radius 3 is 2.53 bits per heavy atom.